The van der Waals surface area contributed by atoms with Gasteiger partial charge in [0.05, 0.1) is 27.5 Å². The molecular weight excluding hydrogens is 599 g/mol. The summed E-state index contributed by atoms with van der Waals surface area (Å²) in [6.07, 6.45) is 0.724. The SMILES string of the molecule is Cc1ccc(N2C(=O)[C@H]3[C@H]4C[C@@H]([C@@H]3C2=O)[C@H]2[C@H](c3cc([N+](=O)[O-])ccc3OCc3ccccc3)c3sc(=O)[nH]c3S[C@H]42)cc1. The highest BCUT2D eigenvalue weighted by molar-refractivity contribution is 8.00. The van der Waals surface area contributed by atoms with Crippen molar-refractivity contribution in [2.75, 3.05) is 4.90 Å². The van der Waals surface area contributed by atoms with Gasteiger partial charge >= 0.3 is 4.87 Å². The number of carbonyl (C=O) groups is 2. The number of nitrogens with one attached hydrogen (secondary N) is 1. The van der Waals surface area contributed by atoms with Crippen molar-refractivity contribution in [3.63, 3.8) is 0 Å². The van der Waals surface area contributed by atoms with Gasteiger partial charge in [-0.15, -0.1) is 11.8 Å². The molecule has 44 heavy (non-hydrogen) atoms. The van der Waals surface area contributed by atoms with Gasteiger partial charge in [0.15, 0.2) is 0 Å². The predicted molar refractivity (Wildman–Crippen MR) is 166 cm³/mol. The van der Waals surface area contributed by atoms with Crippen LogP contribution in [0, 0.1) is 46.6 Å². The van der Waals surface area contributed by atoms with Crippen molar-refractivity contribution in [2.24, 2.45) is 29.6 Å². The molecule has 4 aromatic rings. The molecule has 7 atom stereocenters. The van der Waals surface area contributed by atoms with Crippen LogP contribution in [0.2, 0.25) is 0 Å². The van der Waals surface area contributed by atoms with Crippen LogP contribution in [-0.4, -0.2) is 27.0 Å². The summed E-state index contributed by atoms with van der Waals surface area (Å²) in [5.41, 5.74) is 3.16. The van der Waals surface area contributed by atoms with E-state index in [9.17, 15) is 24.5 Å². The molecule has 0 radical (unpaired) electrons. The minimum absolute atomic E-state index is 0.0417. The van der Waals surface area contributed by atoms with Crippen molar-refractivity contribution in [1.82, 2.24) is 4.98 Å². The van der Waals surface area contributed by atoms with Crippen LogP contribution in [0.15, 0.2) is 82.6 Å². The number of aromatic amines is 1. The van der Waals surface area contributed by atoms with Crippen molar-refractivity contribution >= 4 is 46.3 Å². The number of carbonyl (C=O) groups excluding carboxylic acids is 2. The number of nitrogens with zero attached hydrogens (tertiary/aromatic N) is 2. The number of H-pyrrole nitrogens is 1. The van der Waals surface area contributed by atoms with Crippen LogP contribution in [0.3, 0.4) is 0 Å². The molecule has 2 amide bonds. The Morgan fingerprint density at radius 1 is 0.977 bits per heavy atom. The molecule has 1 aromatic heterocycles. The van der Waals surface area contributed by atoms with Crippen LogP contribution in [0.1, 0.15) is 33.9 Å². The van der Waals surface area contributed by atoms with E-state index >= 15 is 0 Å². The first-order valence-corrected chi connectivity index (χ1v) is 16.3. The Bertz CT molecular complexity index is 1890. The summed E-state index contributed by atoms with van der Waals surface area (Å²) in [7, 11) is 0. The second-order valence-corrected chi connectivity index (χ2v) is 14.3. The lowest BCUT2D eigenvalue weighted by molar-refractivity contribution is -0.385. The van der Waals surface area contributed by atoms with Gasteiger partial charge in [0.1, 0.15) is 12.4 Å². The fraction of sp³-hybridized carbons (Fsp3) is 0.303. The van der Waals surface area contributed by atoms with Crippen LogP contribution in [0.4, 0.5) is 11.4 Å². The lowest BCUT2D eigenvalue weighted by Gasteiger charge is -2.43. The number of non-ortho nitro benzene ring substituents is 1. The number of aryl methyl sites for hydroxylation is 1. The minimum Gasteiger partial charge on any atom is -0.489 e. The number of aromatic nitrogens is 1. The van der Waals surface area contributed by atoms with E-state index in [1.165, 1.54) is 11.0 Å². The summed E-state index contributed by atoms with van der Waals surface area (Å²) in [5.74, 6) is -1.40. The Hall–Kier alpha value is -4.22. The number of nitro groups is 1. The third-order valence-electron chi connectivity index (χ3n) is 9.79. The van der Waals surface area contributed by atoms with Gasteiger partial charge in [-0.2, -0.15) is 0 Å². The van der Waals surface area contributed by atoms with E-state index < -0.39 is 22.7 Å². The normalized spacial score (nSPS) is 28.1. The van der Waals surface area contributed by atoms with E-state index in [1.54, 1.807) is 23.9 Å². The Morgan fingerprint density at radius 2 is 1.70 bits per heavy atom. The average Bonchev–Trinajstić information content (AvgIpc) is 3.76. The zero-order valence-electron chi connectivity index (χ0n) is 23.5. The topological polar surface area (TPSA) is 123 Å². The number of fused-ring (bicyclic) bond motifs is 9. The Labute approximate surface area is 260 Å². The number of amides is 2. The van der Waals surface area contributed by atoms with E-state index in [4.69, 9.17) is 4.74 Å². The summed E-state index contributed by atoms with van der Waals surface area (Å²) in [6, 6.07) is 21.8. The van der Waals surface area contributed by atoms with Gasteiger partial charge in [0.2, 0.25) is 11.8 Å². The summed E-state index contributed by atoms with van der Waals surface area (Å²) in [5, 5.41) is 12.7. The Balaban J connectivity index is 1.23. The van der Waals surface area contributed by atoms with Crippen LogP contribution in [0.5, 0.6) is 5.75 Å². The van der Waals surface area contributed by atoms with Crippen LogP contribution >= 0.6 is 23.1 Å². The summed E-state index contributed by atoms with van der Waals surface area (Å²) >= 11 is 2.70. The molecule has 2 aliphatic carbocycles. The monoisotopic (exact) mass is 625 g/mol. The zero-order chi connectivity index (χ0) is 30.3. The second kappa shape index (κ2) is 10.2. The number of hydrogen-bond acceptors (Lipinski definition) is 8. The summed E-state index contributed by atoms with van der Waals surface area (Å²) in [4.78, 5) is 57.2. The fourth-order valence-electron chi connectivity index (χ4n) is 8.07. The molecule has 8 rings (SSSR count). The van der Waals surface area contributed by atoms with Crippen molar-refractivity contribution in [2.45, 2.75) is 36.1 Å². The molecule has 3 fully saturated rings. The second-order valence-electron chi connectivity index (χ2n) is 12.1. The largest absolute Gasteiger partial charge is 0.489 e. The molecule has 1 saturated heterocycles. The quantitative estimate of drug-likeness (QED) is 0.161. The Kier molecular flexibility index (Phi) is 6.32. The number of thioether (sulfide) groups is 1. The molecule has 0 unspecified atom stereocenters. The van der Waals surface area contributed by atoms with E-state index in [2.05, 4.69) is 4.98 Å². The smallest absolute Gasteiger partial charge is 0.305 e. The molecule has 2 saturated carbocycles. The molecule has 222 valence electrons. The molecule has 1 N–H and O–H groups in total. The van der Waals surface area contributed by atoms with Crippen molar-refractivity contribution in [1.29, 1.82) is 0 Å². The van der Waals surface area contributed by atoms with Gasteiger partial charge in [-0.05, 0) is 54.9 Å². The van der Waals surface area contributed by atoms with E-state index in [0.717, 1.165) is 38.8 Å². The van der Waals surface area contributed by atoms with E-state index in [-0.39, 0.29) is 52.0 Å². The van der Waals surface area contributed by atoms with Crippen LogP contribution in [0.25, 0.3) is 0 Å². The standard InChI is InChI=1S/C33H27N3O6S2/c1-16-7-9-18(10-8-16)35-31(37)26-21-14-22(27(26)32(35)38)28-25(21)24(29-30(43-28)34-33(39)44-29)20-13-19(36(40)41)11-12-23(20)42-15-17-5-3-2-4-6-17/h2-13,21-22,24-28H,14-15H2,1H3,(H,34,39)/t21-,22-,24+,25+,26+,27+,28-/m1/s1. The van der Waals surface area contributed by atoms with Crippen LogP contribution < -0.4 is 14.5 Å². The third-order valence-corrected chi connectivity index (χ3v) is 12.4. The van der Waals surface area contributed by atoms with Crippen molar-refractivity contribution in [3.05, 3.63) is 114 Å². The van der Waals surface area contributed by atoms with E-state index in [1.807, 2.05) is 61.5 Å². The van der Waals surface area contributed by atoms with Gasteiger partial charge in [-0.1, -0.05) is 59.4 Å². The first-order chi connectivity index (χ1) is 21.3. The zero-order valence-corrected chi connectivity index (χ0v) is 25.2. The Morgan fingerprint density at radius 3 is 2.43 bits per heavy atom. The predicted octanol–water partition coefficient (Wildman–Crippen LogP) is 5.91. The first-order valence-electron chi connectivity index (χ1n) is 14.6. The number of hydrogen-bond donors (Lipinski definition) is 1. The van der Waals surface area contributed by atoms with Gasteiger partial charge in [0.25, 0.3) is 5.69 Å². The number of ether oxygens (including phenoxy) is 1. The maximum atomic E-state index is 14.0. The third kappa shape index (κ3) is 4.09. The van der Waals surface area contributed by atoms with E-state index in [0.29, 0.717) is 17.0 Å². The maximum absolute atomic E-state index is 14.0. The number of thiazole rings is 1. The molecule has 9 nitrogen and oxygen atoms in total. The molecule has 3 aromatic carbocycles. The van der Waals surface area contributed by atoms with Crippen molar-refractivity contribution in [3.8, 4) is 5.75 Å². The molecule has 11 heteroatoms. The van der Waals surface area contributed by atoms with Crippen molar-refractivity contribution < 1.29 is 19.2 Å². The highest BCUT2D eigenvalue weighted by Gasteiger charge is 2.70. The number of nitro benzene ring substituents is 1. The highest BCUT2D eigenvalue weighted by Crippen LogP contribution is 2.69. The maximum Gasteiger partial charge on any atom is 0.305 e. The lowest BCUT2D eigenvalue weighted by atomic mass is 9.68. The van der Waals surface area contributed by atoms with Gasteiger partial charge in [-0.3, -0.25) is 29.4 Å². The molecule has 3 heterocycles. The van der Waals surface area contributed by atoms with Gasteiger partial charge in [0, 0.05) is 33.7 Å². The summed E-state index contributed by atoms with van der Waals surface area (Å²) < 4.78 is 6.33. The van der Waals surface area contributed by atoms with Crippen LogP contribution in [-0.2, 0) is 16.2 Å². The molecular formula is C33H27N3O6S2. The van der Waals surface area contributed by atoms with Gasteiger partial charge in [-0.25, -0.2) is 0 Å². The highest BCUT2D eigenvalue weighted by atomic mass is 32.2. The van der Waals surface area contributed by atoms with Gasteiger partial charge < -0.3 is 9.72 Å². The molecule has 2 bridgehead atoms. The molecule has 4 aliphatic rings. The average molecular weight is 626 g/mol. The lowest BCUT2D eigenvalue weighted by Crippen LogP contribution is -2.42. The summed E-state index contributed by atoms with van der Waals surface area (Å²) in [6.45, 7) is 2.23. The number of benzene rings is 3. The number of imide groups is 1. The number of rotatable bonds is 6. The minimum atomic E-state index is -0.470. The molecule has 2 aliphatic heterocycles. The fourth-order valence-corrected chi connectivity index (χ4v) is 11.0. The molecule has 0 spiro atoms. The number of anilines is 1. The first kappa shape index (κ1) is 27.3.